The molecule has 1 aromatic carbocycles. The summed E-state index contributed by atoms with van der Waals surface area (Å²) in [5.74, 6) is -0.398. The van der Waals surface area contributed by atoms with E-state index in [1.807, 2.05) is 13.1 Å². The molecule has 2 aromatic heterocycles. The van der Waals surface area contributed by atoms with Gasteiger partial charge in [0, 0.05) is 28.2 Å². The van der Waals surface area contributed by atoms with Crippen LogP contribution in [0.5, 0.6) is 0 Å². The molecule has 116 valence electrons. The number of nitrogens with zero attached hydrogens (tertiary/aromatic N) is 2. The van der Waals surface area contributed by atoms with Gasteiger partial charge in [-0.15, -0.1) is 0 Å². The molecular formula is C17H13BrN2O3. The van der Waals surface area contributed by atoms with Gasteiger partial charge in [0.2, 0.25) is 0 Å². The fraction of sp³-hybridized carbons (Fsp3) is 0.118. The average molecular weight is 373 g/mol. The second-order valence-electron chi connectivity index (χ2n) is 4.96. The lowest BCUT2D eigenvalue weighted by Gasteiger charge is -2.00. The Kier molecular flexibility index (Phi) is 4.25. The average Bonchev–Trinajstić information content (AvgIpc) is 3.00. The summed E-state index contributed by atoms with van der Waals surface area (Å²) in [6, 6.07) is 6.81. The Morgan fingerprint density at radius 2 is 2.22 bits per heavy atom. The highest BCUT2D eigenvalue weighted by molar-refractivity contribution is 9.10. The van der Waals surface area contributed by atoms with E-state index in [0.717, 1.165) is 16.6 Å². The molecule has 0 radical (unpaired) electrons. The Morgan fingerprint density at radius 3 is 2.96 bits per heavy atom. The van der Waals surface area contributed by atoms with E-state index in [9.17, 15) is 9.59 Å². The molecule has 2 heterocycles. The number of hydrogen-bond acceptors (Lipinski definition) is 4. The Bertz CT molecular complexity index is 969. The maximum Gasteiger partial charge on any atom is 0.347 e. The van der Waals surface area contributed by atoms with E-state index >= 15 is 0 Å². The number of hydrogen-bond donors (Lipinski definition) is 0. The molecule has 0 fully saturated rings. The molecule has 0 amide bonds. The van der Waals surface area contributed by atoms with Gasteiger partial charge in [-0.1, -0.05) is 15.9 Å². The highest BCUT2D eigenvalue weighted by Gasteiger charge is 2.11. The third kappa shape index (κ3) is 3.32. The van der Waals surface area contributed by atoms with Crippen molar-refractivity contribution in [3.05, 3.63) is 68.8 Å². The van der Waals surface area contributed by atoms with Gasteiger partial charge in [-0.05, 0) is 43.3 Å². The Labute approximate surface area is 140 Å². The first-order chi connectivity index (χ1) is 11.1. The Balaban J connectivity index is 1.93. The highest BCUT2D eigenvalue weighted by atomic mass is 79.9. The molecule has 0 aliphatic rings. The maximum absolute atomic E-state index is 12.3. The van der Waals surface area contributed by atoms with Gasteiger partial charge in [-0.25, -0.2) is 4.79 Å². The van der Waals surface area contributed by atoms with E-state index in [2.05, 4.69) is 21.0 Å². The van der Waals surface area contributed by atoms with Crippen molar-refractivity contribution >= 4 is 38.8 Å². The zero-order valence-electron chi connectivity index (χ0n) is 12.3. The molecule has 0 saturated carbocycles. The highest BCUT2D eigenvalue weighted by Crippen LogP contribution is 2.19. The van der Waals surface area contributed by atoms with Gasteiger partial charge in [0.1, 0.15) is 11.1 Å². The van der Waals surface area contributed by atoms with Gasteiger partial charge in [-0.2, -0.15) is 5.10 Å². The van der Waals surface area contributed by atoms with Gasteiger partial charge < -0.3 is 4.42 Å². The molecule has 23 heavy (non-hydrogen) atoms. The van der Waals surface area contributed by atoms with Crippen molar-refractivity contribution in [3.63, 3.8) is 0 Å². The van der Waals surface area contributed by atoms with E-state index in [4.69, 9.17) is 4.42 Å². The molecule has 0 N–H and O–H groups in total. The summed E-state index contributed by atoms with van der Waals surface area (Å²) in [7, 11) is 0. The maximum atomic E-state index is 12.3. The van der Waals surface area contributed by atoms with E-state index in [1.165, 1.54) is 6.08 Å². The van der Waals surface area contributed by atoms with Crippen LogP contribution in [0.2, 0.25) is 0 Å². The largest absolute Gasteiger partial charge is 0.422 e. The van der Waals surface area contributed by atoms with E-state index in [-0.39, 0.29) is 5.56 Å². The summed E-state index contributed by atoms with van der Waals surface area (Å²) in [6.45, 7) is 2.73. The molecule has 3 aromatic rings. The molecular weight excluding hydrogens is 360 g/mol. The Morgan fingerprint density at radius 1 is 1.39 bits per heavy atom. The number of carbonyl (C=O) groups is 1. The molecule has 0 spiro atoms. The molecule has 0 saturated heterocycles. The summed E-state index contributed by atoms with van der Waals surface area (Å²) in [6.07, 6.45) is 6.47. The van der Waals surface area contributed by atoms with Crippen LogP contribution in [0, 0.1) is 0 Å². The van der Waals surface area contributed by atoms with Crippen molar-refractivity contribution in [2.24, 2.45) is 0 Å². The van der Waals surface area contributed by atoms with Crippen LogP contribution in [-0.4, -0.2) is 15.6 Å². The van der Waals surface area contributed by atoms with Crippen LogP contribution in [0.3, 0.4) is 0 Å². The number of aromatic nitrogens is 2. The minimum Gasteiger partial charge on any atom is -0.422 e. The van der Waals surface area contributed by atoms with Crippen molar-refractivity contribution in [1.82, 2.24) is 9.78 Å². The van der Waals surface area contributed by atoms with Crippen molar-refractivity contribution < 1.29 is 9.21 Å². The van der Waals surface area contributed by atoms with Crippen LogP contribution < -0.4 is 5.63 Å². The smallest absolute Gasteiger partial charge is 0.347 e. The van der Waals surface area contributed by atoms with Crippen molar-refractivity contribution in [1.29, 1.82) is 0 Å². The molecule has 6 heteroatoms. The summed E-state index contributed by atoms with van der Waals surface area (Å²) in [4.78, 5) is 24.2. The normalized spacial score (nSPS) is 11.4. The fourth-order valence-corrected chi connectivity index (χ4v) is 2.55. The molecule has 0 atom stereocenters. The zero-order chi connectivity index (χ0) is 16.4. The van der Waals surface area contributed by atoms with Crippen LogP contribution in [0.1, 0.15) is 22.8 Å². The predicted octanol–water partition coefficient (Wildman–Crippen LogP) is 3.67. The van der Waals surface area contributed by atoms with Crippen LogP contribution in [0.15, 0.2) is 56.4 Å². The number of aryl methyl sites for hydroxylation is 1. The number of fused-ring (bicyclic) bond motifs is 1. The molecule has 0 aliphatic carbocycles. The lowest BCUT2D eigenvalue weighted by atomic mass is 10.1. The number of ketones is 1. The molecule has 0 aliphatic heterocycles. The lowest BCUT2D eigenvalue weighted by Crippen LogP contribution is -2.11. The minimum absolute atomic E-state index is 0.00901. The molecule has 0 bridgehead atoms. The van der Waals surface area contributed by atoms with Gasteiger partial charge in [0.25, 0.3) is 0 Å². The summed E-state index contributed by atoms with van der Waals surface area (Å²) < 4.78 is 7.80. The topological polar surface area (TPSA) is 65.1 Å². The fourth-order valence-electron chi connectivity index (χ4n) is 2.17. The summed E-state index contributed by atoms with van der Waals surface area (Å²) in [5, 5.41) is 4.81. The van der Waals surface area contributed by atoms with Crippen LogP contribution in [0.4, 0.5) is 0 Å². The van der Waals surface area contributed by atoms with Gasteiger partial charge in [-0.3, -0.25) is 9.48 Å². The molecule has 5 nitrogen and oxygen atoms in total. The van der Waals surface area contributed by atoms with E-state index < -0.39 is 11.4 Å². The van der Waals surface area contributed by atoms with E-state index in [0.29, 0.717) is 11.0 Å². The van der Waals surface area contributed by atoms with Crippen LogP contribution in [-0.2, 0) is 6.54 Å². The SMILES string of the molecule is CCn1cc(/C=C/C(=O)c2cc3cc(Br)ccc3oc2=O)cn1. The molecule has 0 unspecified atom stereocenters. The minimum atomic E-state index is -0.640. The quantitative estimate of drug-likeness (QED) is 0.398. The van der Waals surface area contributed by atoms with Crippen LogP contribution in [0.25, 0.3) is 17.0 Å². The third-order valence-corrected chi connectivity index (χ3v) is 3.86. The van der Waals surface area contributed by atoms with Gasteiger partial charge >= 0.3 is 5.63 Å². The lowest BCUT2D eigenvalue weighted by molar-refractivity contribution is 0.104. The first-order valence-electron chi connectivity index (χ1n) is 7.05. The van der Waals surface area contributed by atoms with E-state index in [1.54, 1.807) is 41.2 Å². The van der Waals surface area contributed by atoms with Crippen molar-refractivity contribution in [2.45, 2.75) is 13.5 Å². The number of carbonyl (C=O) groups excluding carboxylic acids is 1. The third-order valence-electron chi connectivity index (χ3n) is 3.36. The summed E-state index contributed by atoms with van der Waals surface area (Å²) in [5.41, 5.74) is 0.615. The number of allylic oxidation sites excluding steroid dienone is 1. The van der Waals surface area contributed by atoms with Crippen molar-refractivity contribution in [3.8, 4) is 0 Å². The predicted molar refractivity (Wildman–Crippen MR) is 91.4 cm³/mol. The number of benzene rings is 1. The second kappa shape index (κ2) is 6.34. The first-order valence-corrected chi connectivity index (χ1v) is 7.84. The number of halogens is 1. The monoisotopic (exact) mass is 372 g/mol. The first kappa shape index (κ1) is 15.4. The Hall–Kier alpha value is -2.47. The van der Waals surface area contributed by atoms with Gasteiger partial charge in [0.05, 0.1) is 6.20 Å². The second-order valence-corrected chi connectivity index (χ2v) is 5.87. The zero-order valence-corrected chi connectivity index (χ0v) is 13.9. The molecule has 3 rings (SSSR count). The van der Waals surface area contributed by atoms with Gasteiger partial charge in [0.15, 0.2) is 5.78 Å². The van der Waals surface area contributed by atoms with Crippen molar-refractivity contribution in [2.75, 3.05) is 0 Å². The standard InChI is InChI=1S/C17H13BrN2O3/c1-2-20-10-11(9-19-20)3-5-15(21)14-8-12-7-13(18)4-6-16(12)23-17(14)22/h3-10H,2H2,1H3/b5-3+. The number of rotatable bonds is 4. The summed E-state index contributed by atoms with van der Waals surface area (Å²) >= 11 is 3.35. The van der Waals surface area contributed by atoms with Crippen LogP contribution >= 0.6 is 15.9 Å².